The minimum atomic E-state index is -0.454. The fourth-order valence-corrected chi connectivity index (χ4v) is 1.40. The Morgan fingerprint density at radius 3 is 2.64 bits per heavy atom. The van der Waals surface area contributed by atoms with E-state index < -0.39 is 5.60 Å². The van der Waals surface area contributed by atoms with Gasteiger partial charge in [0.15, 0.2) is 0 Å². The predicted molar refractivity (Wildman–Crippen MR) is 54.9 cm³/mol. The number of pyridine rings is 1. The molecule has 0 amide bonds. The van der Waals surface area contributed by atoms with Gasteiger partial charge in [-0.25, -0.2) is 0 Å². The van der Waals surface area contributed by atoms with Gasteiger partial charge in [-0.05, 0) is 32.4 Å². The van der Waals surface area contributed by atoms with Gasteiger partial charge in [0.25, 0.3) is 0 Å². The third-order valence-electron chi connectivity index (χ3n) is 2.53. The van der Waals surface area contributed by atoms with Crippen molar-refractivity contribution in [1.29, 1.82) is 0 Å². The summed E-state index contributed by atoms with van der Waals surface area (Å²) in [4.78, 5) is 4.27. The fourth-order valence-electron chi connectivity index (χ4n) is 1.40. The van der Waals surface area contributed by atoms with Gasteiger partial charge in [-0.3, -0.25) is 4.98 Å². The first kappa shape index (κ1) is 11.1. The molecule has 0 atom stereocenters. The molecule has 1 heterocycles. The summed E-state index contributed by atoms with van der Waals surface area (Å²) in [7, 11) is 1.64. The maximum Gasteiger partial charge on any atom is 0.104 e. The molecule has 1 N–H and O–H groups in total. The minimum absolute atomic E-state index is 0.00178. The van der Waals surface area contributed by atoms with Crippen molar-refractivity contribution >= 4 is 0 Å². The Balaban J connectivity index is 3.27. The zero-order chi connectivity index (χ0) is 10.8. The van der Waals surface area contributed by atoms with Crippen LogP contribution in [0, 0.1) is 6.92 Å². The maximum atomic E-state index is 9.26. The zero-order valence-electron chi connectivity index (χ0n) is 9.16. The number of aromatic nitrogens is 1. The standard InChI is InChI=1S/C11H17NO2/c1-8-5-6-12-10(9(8)7-13)11(2,3)14-4/h5-6,13H,7H2,1-4H3. The Hall–Kier alpha value is -0.930. The van der Waals surface area contributed by atoms with Crippen LogP contribution >= 0.6 is 0 Å². The first-order valence-corrected chi connectivity index (χ1v) is 4.64. The van der Waals surface area contributed by atoms with Crippen molar-refractivity contribution in [3.05, 3.63) is 29.1 Å². The van der Waals surface area contributed by atoms with Crippen LogP contribution in [0.2, 0.25) is 0 Å². The lowest BCUT2D eigenvalue weighted by Crippen LogP contribution is -2.23. The summed E-state index contributed by atoms with van der Waals surface area (Å²) in [6, 6.07) is 1.89. The van der Waals surface area contributed by atoms with Crippen molar-refractivity contribution in [2.24, 2.45) is 0 Å². The summed E-state index contributed by atoms with van der Waals surface area (Å²) in [5.41, 5.74) is 2.26. The van der Waals surface area contributed by atoms with Gasteiger partial charge < -0.3 is 9.84 Å². The molecule has 78 valence electrons. The van der Waals surface area contributed by atoms with Crippen molar-refractivity contribution in [1.82, 2.24) is 4.98 Å². The van der Waals surface area contributed by atoms with Crippen LogP contribution < -0.4 is 0 Å². The molecule has 14 heavy (non-hydrogen) atoms. The summed E-state index contributed by atoms with van der Waals surface area (Å²) in [5.74, 6) is 0. The van der Waals surface area contributed by atoms with Crippen LogP contribution in [0.4, 0.5) is 0 Å². The first-order valence-electron chi connectivity index (χ1n) is 4.64. The Bertz CT molecular complexity index is 321. The lowest BCUT2D eigenvalue weighted by atomic mass is 9.96. The van der Waals surface area contributed by atoms with Gasteiger partial charge in [-0.2, -0.15) is 0 Å². The van der Waals surface area contributed by atoms with E-state index in [1.165, 1.54) is 0 Å². The lowest BCUT2D eigenvalue weighted by molar-refractivity contribution is 0.0136. The van der Waals surface area contributed by atoms with E-state index in [0.717, 1.165) is 16.8 Å². The fraction of sp³-hybridized carbons (Fsp3) is 0.545. The number of aliphatic hydroxyl groups is 1. The van der Waals surface area contributed by atoms with E-state index in [4.69, 9.17) is 4.74 Å². The van der Waals surface area contributed by atoms with E-state index >= 15 is 0 Å². The number of aliphatic hydroxyl groups excluding tert-OH is 1. The summed E-state index contributed by atoms with van der Waals surface area (Å²) < 4.78 is 5.35. The highest BCUT2D eigenvalue weighted by molar-refractivity contribution is 5.31. The Labute approximate surface area is 84.7 Å². The number of hydrogen-bond acceptors (Lipinski definition) is 3. The number of hydrogen-bond donors (Lipinski definition) is 1. The second-order valence-corrected chi connectivity index (χ2v) is 3.83. The molecule has 3 heteroatoms. The molecule has 1 rings (SSSR count). The third kappa shape index (κ3) is 1.94. The van der Waals surface area contributed by atoms with Crippen molar-refractivity contribution in [2.75, 3.05) is 7.11 Å². The number of aryl methyl sites for hydroxylation is 1. The van der Waals surface area contributed by atoms with Crippen LogP contribution in [-0.4, -0.2) is 17.2 Å². The average Bonchev–Trinajstić information content (AvgIpc) is 2.17. The Kier molecular flexibility index (Phi) is 3.24. The van der Waals surface area contributed by atoms with Crippen molar-refractivity contribution < 1.29 is 9.84 Å². The molecule has 3 nitrogen and oxygen atoms in total. The highest BCUT2D eigenvalue weighted by atomic mass is 16.5. The third-order valence-corrected chi connectivity index (χ3v) is 2.53. The molecule has 0 radical (unpaired) electrons. The number of ether oxygens (including phenoxy) is 1. The minimum Gasteiger partial charge on any atom is -0.392 e. The number of methoxy groups -OCH3 is 1. The maximum absolute atomic E-state index is 9.26. The van der Waals surface area contributed by atoms with Gasteiger partial charge >= 0.3 is 0 Å². The van der Waals surface area contributed by atoms with Gasteiger partial charge in [0.2, 0.25) is 0 Å². The molecule has 0 aliphatic carbocycles. The molecule has 0 aliphatic rings. The van der Waals surface area contributed by atoms with Crippen LogP contribution in [0.1, 0.15) is 30.7 Å². The molecule has 0 unspecified atom stereocenters. The van der Waals surface area contributed by atoms with Crippen molar-refractivity contribution in [2.45, 2.75) is 33.0 Å². The van der Waals surface area contributed by atoms with Gasteiger partial charge in [-0.1, -0.05) is 0 Å². The van der Waals surface area contributed by atoms with E-state index in [1.54, 1.807) is 13.3 Å². The Morgan fingerprint density at radius 1 is 1.50 bits per heavy atom. The van der Waals surface area contributed by atoms with E-state index in [1.807, 2.05) is 26.8 Å². The van der Waals surface area contributed by atoms with Crippen LogP contribution in [0.3, 0.4) is 0 Å². The van der Waals surface area contributed by atoms with Crippen LogP contribution in [0.5, 0.6) is 0 Å². The molecule has 0 saturated carbocycles. The lowest BCUT2D eigenvalue weighted by Gasteiger charge is -2.25. The molecule has 0 spiro atoms. The molecular formula is C11H17NO2. The molecule has 0 aromatic carbocycles. The van der Waals surface area contributed by atoms with Crippen molar-refractivity contribution in [3.63, 3.8) is 0 Å². The van der Waals surface area contributed by atoms with Gasteiger partial charge in [0.05, 0.1) is 12.3 Å². The topological polar surface area (TPSA) is 42.4 Å². The average molecular weight is 195 g/mol. The first-order chi connectivity index (χ1) is 6.53. The molecule has 0 aliphatic heterocycles. The highest BCUT2D eigenvalue weighted by Gasteiger charge is 2.24. The van der Waals surface area contributed by atoms with E-state index in [0.29, 0.717) is 0 Å². The molecule has 1 aromatic rings. The van der Waals surface area contributed by atoms with Crippen LogP contribution in [-0.2, 0) is 16.9 Å². The quantitative estimate of drug-likeness (QED) is 0.799. The van der Waals surface area contributed by atoms with E-state index in [-0.39, 0.29) is 6.61 Å². The summed E-state index contributed by atoms with van der Waals surface area (Å²) in [5, 5.41) is 9.26. The molecule has 0 fully saturated rings. The summed E-state index contributed by atoms with van der Waals surface area (Å²) in [6.45, 7) is 5.84. The Morgan fingerprint density at radius 2 is 2.14 bits per heavy atom. The van der Waals surface area contributed by atoms with E-state index in [9.17, 15) is 5.11 Å². The molecule has 1 aromatic heterocycles. The molecular weight excluding hydrogens is 178 g/mol. The molecule has 0 bridgehead atoms. The normalized spacial score (nSPS) is 11.8. The second kappa shape index (κ2) is 4.07. The smallest absolute Gasteiger partial charge is 0.104 e. The molecule has 0 saturated heterocycles. The van der Waals surface area contributed by atoms with Crippen molar-refractivity contribution in [3.8, 4) is 0 Å². The predicted octanol–water partition coefficient (Wildman–Crippen LogP) is 1.76. The largest absolute Gasteiger partial charge is 0.392 e. The zero-order valence-corrected chi connectivity index (χ0v) is 9.16. The van der Waals surface area contributed by atoms with E-state index in [2.05, 4.69) is 4.98 Å². The summed E-state index contributed by atoms with van der Waals surface area (Å²) in [6.07, 6.45) is 1.74. The number of rotatable bonds is 3. The number of nitrogens with zero attached hydrogens (tertiary/aromatic N) is 1. The monoisotopic (exact) mass is 195 g/mol. The second-order valence-electron chi connectivity index (χ2n) is 3.83. The van der Waals surface area contributed by atoms with Crippen LogP contribution in [0.25, 0.3) is 0 Å². The van der Waals surface area contributed by atoms with Gasteiger partial charge in [-0.15, -0.1) is 0 Å². The highest BCUT2D eigenvalue weighted by Crippen LogP contribution is 2.26. The van der Waals surface area contributed by atoms with Gasteiger partial charge in [0.1, 0.15) is 5.60 Å². The summed E-state index contributed by atoms with van der Waals surface area (Å²) >= 11 is 0. The van der Waals surface area contributed by atoms with Gasteiger partial charge in [0, 0.05) is 18.9 Å². The van der Waals surface area contributed by atoms with Crippen LogP contribution in [0.15, 0.2) is 12.3 Å². The SMILES string of the molecule is COC(C)(C)c1nccc(C)c1CO.